The smallest absolute Gasteiger partial charge is 0.321 e. The Kier molecular flexibility index (Phi) is 5.13. The average molecular weight is 309 g/mol. The highest BCUT2D eigenvalue weighted by Gasteiger charge is 2.32. The molecular weight excluding hydrogens is 290 g/mol. The second kappa shape index (κ2) is 6.27. The summed E-state index contributed by atoms with van der Waals surface area (Å²) in [5, 5.41) is 8.71. The molecule has 0 aliphatic heterocycles. The molecule has 0 unspecified atom stereocenters. The number of carbonyl (C=O) groups is 1. The van der Waals surface area contributed by atoms with Gasteiger partial charge in [0, 0.05) is 0 Å². The molecule has 0 amide bonds. The van der Waals surface area contributed by atoms with Crippen molar-refractivity contribution in [1.82, 2.24) is 0 Å². The van der Waals surface area contributed by atoms with Crippen LogP contribution in [-0.4, -0.2) is 24.9 Å². The lowest BCUT2D eigenvalue weighted by Crippen LogP contribution is -2.34. The molecule has 1 rings (SSSR count). The molecule has 6 heteroatoms. The van der Waals surface area contributed by atoms with Crippen LogP contribution in [0.25, 0.3) is 0 Å². The van der Waals surface area contributed by atoms with Gasteiger partial charge >= 0.3 is 5.97 Å². The van der Waals surface area contributed by atoms with Gasteiger partial charge in [0.15, 0.2) is 9.84 Å². The lowest BCUT2D eigenvalue weighted by molar-refractivity contribution is -0.145. The van der Waals surface area contributed by atoms with E-state index in [0.717, 1.165) is 0 Å². The third-order valence-electron chi connectivity index (χ3n) is 3.06. The fourth-order valence-corrected chi connectivity index (χ4v) is 2.31. The molecule has 0 aliphatic rings. The summed E-state index contributed by atoms with van der Waals surface area (Å²) < 4.78 is 28.0. The van der Waals surface area contributed by atoms with Crippen molar-refractivity contribution in [3.8, 4) is 6.07 Å². The molecule has 0 heterocycles. The van der Waals surface area contributed by atoms with Crippen molar-refractivity contribution in [2.45, 2.75) is 38.5 Å². The van der Waals surface area contributed by atoms with Crippen LogP contribution >= 0.6 is 0 Å². The maximum absolute atomic E-state index is 11.9. The van der Waals surface area contributed by atoms with E-state index < -0.39 is 32.4 Å². The van der Waals surface area contributed by atoms with Crippen LogP contribution in [0.2, 0.25) is 0 Å². The van der Waals surface area contributed by atoms with Gasteiger partial charge in [0.25, 0.3) is 0 Å². The van der Waals surface area contributed by atoms with E-state index in [-0.39, 0.29) is 0 Å². The lowest BCUT2D eigenvalue weighted by Gasteiger charge is -2.19. The molecule has 0 N–H and O–H groups in total. The zero-order valence-corrected chi connectivity index (χ0v) is 13.4. The number of carbonyl (C=O) groups excluding carboxylic acids is 1. The third-order valence-corrected chi connectivity index (χ3v) is 5.54. The quantitative estimate of drug-likeness (QED) is 0.797. The van der Waals surface area contributed by atoms with Crippen LogP contribution in [0, 0.1) is 11.3 Å². The van der Waals surface area contributed by atoms with Crippen LogP contribution < -0.4 is 0 Å². The Bertz CT molecular complexity index is 648. The first kappa shape index (κ1) is 17.2. The number of hydrogen-bond acceptors (Lipinski definition) is 5. The number of hydrogen-bond donors (Lipinski definition) is 0. The monoisotopic (exact) mass is 309 g/mol. The molecule has 0 fully saturated rings. The van der Waals surface area contributed by atoms with Gasteiger partial charge < -0.3 is 4.74 Å². The summed E-state index contributed by atoms with van der Waals surface area (Å²) in [6.45, 7) is 6.28. The van der Waals surface area contributed by atoms with Crippen molar-refractivity contribution >= 4 is 15.8 Å². The predicted molar refractivity (Wildman–Crippen MR) is 79.2 cm³/mol. The van der Waals surface area contributed by atoms with Crippen molar-refractivity contribution in [3.63, 3.8) is 0 Å². The van der Waals surface area contributed by atoms with Gasteiger partial charge in [-0.25, -0.2) is 8.42 Å². The Balaban J connectivity index is 2.73. The topological polar surface area (TPSA) is 84.2 Å². The van der Waals surface area contributed by atoms with Crippen molar-refractivity contribution in [2.24, 2.45) is 0 Å². The third kappa shape index (κ3) is 4.57. The standard InChI is InChI=1S/C15H19NO4S/c1-11(13-7-5-12(9-16)6-8-13)20-14(17)10-21(18,19)15(2,3)4/h5-8,11H,10H2,1-4H3/t11-/m1/s1. The molecule has 0 saturated carbocycles. The second-order valence-corrected chi connectivity index (χ2v) is 8.48. The Morgan fingerprint density at radius 2 is 1.81 bits per heavy atom. The fraction of sp³-hybridized carbons (Fsp3) is 0.467. The van der Waals surface area contributed by atoms with E-state index >= 15 is 0 Å². The summed E-state index contributed by atoms with van der Waals surface area (Å²) >= 11 is 0. The first-order chi connectivity index (χ1) is 9.56. The number of benzene rings is 1. The van der Waals surface area contributed by atoms with E-state index in [0.29, 0.717) is 11.1 Å². The highest BCUT2D eigenvalue weighted by molar-refractivity contribution is 7.93. The van der Waals surface area contributed by atoms with Crippen LogP contribution in [0.15, 0.2) is 24.3 Å². The number of esters is 1. The van der Waals surface area contributed by atoms with Gasteiger partial charge in [0.05, 0.1) is 16.4 Å². The normalized spacial score (nSPS) is 13.3. The molecule has 0 spiro atoms. The van der Waals surface area contributed by atoms with Crippen LogP contribution in [0.5, 0.6) is 0 Å². The Labute approximate surface area is 125 Å². The SMILES string of the molecule is C[C@@H](OC(=O)CS(=O)(=O)C(C)(C)C)c1ccc(C#N)cc1. The number of nitriles is 1. The van der Waals surface area contributed by atoms with Crippen molar-refractivity contribution in [2.75, 3.05) is 5.75 Å². The number of ether oxygens (including phenoxy) is 1. The average Bonchev–Trinajstić information content (AvgIpc) is 2.36. The molecule has 21 heavy (non-hydrogen) atoms. The first-order valence-electron chi connectivity index (χ1n) is 6.48. The molecule has 0 saturated heterocycles. The van der Waals surface area contributed by atoms with Crippen LogP contribution in [-0.2, 0) is 19.4 Å². The minimum atomic E-state index is -3.55. The number of rotatable bonds is 4. The van der Waals surface area contributed by atoms with Gasteiger partial charge in [0.2, 0.25) is 0 Å². The molecule has 0 bridgehead atoms. The van der Waals surface area contributed by atoms with E-state index in [1.165, 1.54) is 0 Å². The van der Waals surface area contributed by atoms with E-state index in [9.17, 15) is 13.2 Å². The minimum Gasteiger partial charge on any atom is -0.457 e. The lowest BCUT2D eigenvalue weighted by atomic mass is 10.1. The molecule has 5 nitrogen and oxygen atoms in total. The summed E-state index contributed by atoms with van der Waals surface area (Å²) in [6, 6.07) is 8.58. The van der Waals surface area contributed by atoms with Gasteiger partial charge in [-0.3, -0.25) is 4.79 Å². The van der Waals surface area contributed by atoms with Crippen molar-refractivity contribution in [3.05, 3.63) is 35.4 Å². The second-order valence-electron chi connectivity index (χ2n) is 5.74. The predicted octanol–water partition coefficient (Wildman–Crippen LogP) is 2.38. The maximum Gasteiger partial charge on any atom is 0.321 e. The summed E-state index contributed by atoms with van der Waals surface area (Å²) in [4.78, 5) is 11.8. The van der Waals surface area contributed by atoms with E-state index in [1.807, 2.05) is 6.07 Å². The summed E-state index contributed by atoms with van der Waals surface area (Å²) in [7, 11) is -3.55. The molecule has 0 radical (unpaired) electrons. The van der Waals surface area contributed by atoms with Crippen LogP contribution in [0.4, 0.5) is 0 Å². The molecular formula is C15H19NO4S. The number of nitrogens with zero attached hydrogens (tertiary/aromatic N) is 1. The maximum atomic E-state index is 11.9. The van der Waals surface area contributed by atoms with Crippen LogP contribution in [0.3, 0.4) is 0 Å². The van der Waals surface area contributed by atoms with Crippen molar-refractivity contribution < 1.29 is 17.9 Å². The molecule has 0 aromatic heterocycles. The highest BCUT2D eigenvalue weighted by Crippen LogP contribution is 2.20. The van der Waals surface area contributed by atoms with Gasteiger partial charge in [-0.15, -0.1) is 0 Å². The minimum absolute atomic E-state index is 0.507. The van der Waals surface area contributed by atoms with Gasteiger partial charge in [-0.05, 0) is 45.4 Å². The zero-order chi connectivity index (χ0) is 16.3. The van der Waals surface area contributed by atoms with Gasteiger partial charge in [-0.2, -0.15) is 5.26 Å². The van der Waals surface area contributed by atoms with Gasteiger partial charge in [0.1, 0.15) is 11.9 Å². The summed E-state index contributed by atoms with van der Waals surface area (Å²) in [5.74, 6) is -1.42. The Morgan fingerprint density at radius 1 is 1.29 bits per heavy atom. The van der Waals surface area contributed by atoms with Gasteiger partial charge in [-0.1, -0.05) is 12.1 Å². The Morgan fingerprint density at radius 3 is 2.24 bits per heavy atom. The summed E-state index contributed by atoms with van der Waals surface area (Å²) in [6.07, 6.45) is -0.569. The van der Waals surface area contributed by atoms with Crippen LogP contribution in [0.1, 0.15) is 44.9 Å². The Hall–Kier alpha value is -1.87. The van der Waals surface area contributed by atoms with E-state index in [4.69, 9.17) is 10.00 Å². The van der Waals surface area contributed by atoms with E-state index in [2.05, 4.69) is 0 Å². The molecule has 0 aliphatic carbocycles. The zero-order valence-electron chi connectivity index (χ0n) is 12.6. The summed E-state index contributed by atoms with van der Waals surface area (Å²) in [5.41, 5.74) is 1.21. The largest absolute Gasteiger partial charge is 0.457 e. The molecule has 1 atom stereocenters. The molecule has 1 aromatic rings. The fourth-order valence-electron chi connectivity index (χ4n) is 1.50. The molecule has 1 aromatic carbocycles. The number of sulfone groups is 1. The highest BCUT2D eigenvalue weighted by atomic mass is 32.2. The van der Waals surface area contributed by atoms with E-state index in [1.54, 1.807) is 52.0 Å². The first-order valence-corrected chi connectivity index (χ1v) is 8.14. The van der Waals surface area contributed by atoms with Crippen molar-refractivity contribution in [1.29, 1.82) is 5.26 Å². The molecule has 114 valence electrons.